The Bertz CT molecular complexity index is 1450. The number of aromatic nitrogens is 1. The van der Waals surface area contributed by atoms with Crippen LogP contribution in [0.3, 0.4) is 0 Å². The molecule has 3 aromatic rings. The molecule has 2 amide bonds. The van der Waals surface area contributed by atoms with Crippen LogP contribution in [0.5, 0.6) is 5.75 Å². The number of amides is 2. The molecule has 3 heterocycles. The van der Waals surface area contributed by atoms with Crippen LogP contribution in [0.2, 0.25) is 5.02 Å². The van der Waals surface area contributed by atoms with Crippen molar-refractivity contribution in [2.75, 3.05) is 13.1 Å². The Balaban J connectivity index is 1.56. The third-order valence-electron chi connectivity index (χ3n) is 6.50. The molecule has 0 unspecified atom stereocenters. The van der Waals surface area contributed by atoms with Crippen LogP contribution in [0.25, 0.3) is 0 Å². The van der Waals surface area contributed by atoms with Crippen molar-refractivity contribution in [2.24, 2.45) is 0 Å². The second-order valence-corrected chi connectivity index (χ2v) is 9.16. The number of aromatic hydroxyl groups is 1. The maximum Gasteiger partial charge on any atom is 0.274 e. The summed E-state index contributed by atoms with van der Waals surface area (Å²) in [5.74, 6) is -3.97. The quantitative estimate of drug-likeness (QED) is 0.578. The largest absolute Gasteiger partial charge is 0.503 e. The highest BCUT2D eigenvalue weighted by atomic mass is 35.5. The minimum absolute atomic E-state index is 0.216. The normalized spacial score (nSPS) is 16.4. The average molecular weight is 500 g/mol. The van der Waals surface area contributed by atoms with Gasteiger partial charge in [0.25, 0.3) is 11.8 Å². The number of rotatable bonds is 3. The number of aryl methyl sites for hydroxylation is 1. The summed E-state index contributed by atoms with van der Waals surface area (Å²) in [4.78, 5) is 40.4. The summed E-state index contributed by atoms with van der Waals surface area (Å²) >= 11 is 6.22. The monoisotopic (exact) mass is 499 g/mol. The predicted octanol–water partition coefficient (Wildman–Crippen LogP) is 3.33. The summed E-state index contributed by atoms with van der Waals surface area (Å²) in [5, 5.41) is 13.5. The van der Waals surface area contributed by atoms with Crippen LogP contribution in [0, 0.1) is 18.6 Å². The zero-order valence-electron chi connectivity index (χ0n) is 18.6. The summed E-state index contributed by atoms with van der Waals surface area (Å²) < 4.78 is 29.8. The van der Waals surface area contributed by atoms with E-state index >= 15 is 0 Å². The summed E-state index contributed by atoms with van der Waals surface area (Å²) in [6.45, 7) is 1.69. The first-order chi connectivity index (χ1) is 16.7. The van der Waals surface area contributed by atoms with Crippen LogP contribution in [-0.2, 0) is 13.0 Å². The van der Waals surface area contributed by atoms with Crippen molar-refractivity contribution in [1.29, 1.82) is 0 Å². The van der Waals surface area contributed by atoms with Gasteiger partial charge in [-0.3, -0.25) is 14.4 Å². The number of fused-ring (bicyclic) bond motifs is 6. The van der Waals surface area contributed by atoms with Gasteiger partial charge in [0.05, 0.1) is 6.04 Å². The van der Waals surface area contributed by atoms with E-state index in [-0.39, 0.29) is 17.8 Å². The Morgan fingerprint density at radius 1 is 1.20 bits per heavy atom. The topological polar surface area (TPSA) is 91.6 Å². The first-order valence-corrected chi connectivity index (χ1v) is 11.3. The standard InChI is InChI=1S/C25H20ClF2N3O4/c1-12-6-18(27)16(19(28)7-12)9-29-24(34)17-10-31-20-11-30(25(35)21(31)23(33)22(17)32)5-4-13-2-3-14(26)8-15(13)20/h2-3,6-8,10,20,33H,4-5,9,11H2,1H3,(H,29,34)/t20-/m1/s1. The van der Waals surface area contributed by atoms with Crippen molar-refractivity contribution in [3.05, 3.63) is 96.9 Å². The van der Waals surface area contributed by atoms with Crippen molar-refractivity contribution < 1.29 is 23.5 Å². The number of hydrogen-bond donors (Lipinski definition) is 2. The van der Waals surface area contributed by atoms with Crippen LogP contribution in [0.1, 0.15) is 49.1 Å². The predicted molar refractivity (Wildman–Crippen MR) is 124 cm³/mol. The van der Waals surface area contributed by atoms with Gasteiger partial charge in [-0.2, -0.15) is 0 Å². The smallest absolute Gasteiger partial charge is 0.274 e. The highest BCUT2D eigenvalue weighted by molar-refractivity contribution is 6.30. The molecule has 0 spiro atoms. The molecule has 0 aliphatic carbocycles. The van der Waals surface area contributed by atoms with Gasteiger partial charge in [0.2, 0.25) is 5.43 Å². The van der Waals surface area contributed by atoms with Crippen LogP contribution >= 0.6 is 11.6 Å². The maximum atomic E-state index is 14.2. The molecule has 0 saturated carbocycles. The first kappa shape index (κ1) is 23.0. The first-order valence-electron chi connectivity index (χ1n) is 10.9. The lowest BCUT2D eigenvalue weighted by Gasteiger charge is -2.35. The number of halogens is 3. The van der Waals surface area contributed by atoms with E-state index in [1.54, 1.807) is 17.0 Å². The minimum atomic E-state index is -1.04. The molecule has 2 aromatic carbocycles. The van der Waals surface area contributed by atoms with Crippen molar-refractivity contribution >= 4 is 23.4 Å². The molecule has 10 heteroatoms. The van der Waals surface area contributed by atoms with Crippen molar-refractivity contribution in [2.45, 2.75) is 25.9 Å². The molecular weight excluding hydrogens is 480 g/mol. The SMILES string of the molecule is Cc1cc(F)c(CNC(=O)c2cn3c(c(O)c2=O)C(=O)N2CCc4ccc(Cl)cc4[C@H]3C2)c(F)c1. The summed E-state index contributed by atoms with van der Waals surface area (Å²) in [5.41, 5.74) is 0.0847. The molecule has 2 bridgehead atoms. The van der Waals surface area contributed by atoms with Gasteiger partial charge in [-0.25, -0.2) is 8.78 Å². The van der Waals surface area contributed by atoms with Gasteiger partial charge >= 0.3 is 0 Å². The Hall–Kier alpha value is -3.72. The highest BCUT2D eigenvalue weighted by Gasteiger charge is 2.38. The molecule has 5 rings (SSSR count). The second-order valence-electron chi connectivity index (χ2n) is 8.73. The van der Waals surface area contributed by atoms with Gasteiger partial charge in [0.1, 0.15) is 17.2 Å². The number of carbonyl (C=O) groups excluding carboxylic acids is 2. The van der Waals surface area contributed by atoms with Gasteiger partial charge in [0.15, 0.2) is 11.4 Å². The average Bonchev–Trinajstić information content (AvgIpc) is 2.96. The fourth-order valence-electron chi connectivity index (χ4n) is 4.73. The summed E-state index contributed by atoms with van der Waals surface area (Å²) in [6.07, 6.45) is 1.78. The lowest BCUT2D eigenvalue weighted by atomic mass is 9.97. The minimum Gasteiger partial charge on any atom is -0.503 e. The number of nitrogens with one attached hydrogen (secondary N) is 1. The fourth-order valence-corrected chi connectivity index (χ4v) is 4.91. The zero-order chi connectivity index (χ0) is 25.0. The fraction of sp³-hybridized carbons (Fsp3) is 0.240. The number of carbonyl (C=O) groups is 2. The number of benzene rings is 2. The Kier molecular flexibility index (Phi) is 5.59. The zero-order valence-corrected chi connectivity index (χ0v) is 19.3. The molecule has 0 saturated heterocycles. The van der Waals surface area contributed by atoms with Crippen LogP contribution in [-0.4, -0.2) is 39.5 Å². The van der Waals surface area contributed by atoms with E-state index in [0.29, 0.717) is 23.6 Å². The van der Waals surface area contributed by atoms with E-state index in [4.69, 9.17) is 11.6 Å². The maximum absolute atomic E-state index is 14.2. The Labute approximate surface area is 203 Å². The molecule has 1 atom stereocenters. The van der Waals surface area contributed by atoms with Gasteiger partial charge in [0, 0.05) is 36.4 Å². The molecule has 2 aliphatic rings. The van der Waals surface area contributed by atoms with Gasteiger partial charge in [-0.05, 0) is 54.3 Å². The third-order valence-corrected chi connectivity index (χ3v) is 6.74. The molecule has 2 aliphatic heterocycles. The summed E-state index contributed by atoms with van der Waals surface area (Å²) in [6, 6.07) is 7.15. The molecule has 7 nitrogen and oxygen atoms in total. The van der Waals surface area contributed by atoms with E-state index in [0.717, 1.165) is 23.3 Å². The number of hydrogen-bond acceptors (Lipinski definition) is 4. The van der Waals surface area contributed by atoms with Crippen LogP contribution in [0.15, 0.2) is 41.3 Å². The van der Waals surface area contributed by atoms with Crippen molar-refractivity contribution in [1.82, 2.24) is 14.8 Å². The lowest BCUT2D eigenvalue weighted by molar-refractivity contribution is 0.0686. The van der Waals surface area contributed by atoms with E-state index in [1.807, 2.05) is 6.07 Å². The third kappa shape index (κ3) is 3.85. The van der Waals surface area contributed by atoms with Crippen LogP contribution < -0.4 is 10.7 Å². The molecule has 0 fully saturated rings. The highest BCUT2D eigenvalue weighted by Crippen LogP contribution is 2.36. The van der Waals surface area contributed by atoms with E-state index in [9.17, 15) is 28.3 Å². The Morgan fingerprint density at radius 3 is 2.63 bits per heavy atom. The molecule has 0 radical (unpaired) electrons. The van der Waals surface area contributed by atoms with E-state index in [1.165, 1.54) is 17.7 Å². The molecule has 2 N–H and O–H groups in total. The van der Waals surface area contributed by atoms with E-state index < -0.39 is 52.8 Å². The molecule has 1 aromatic heterocycles. The van der Waals surface area contributed by atoms with Gasteiger partial charge in [-0.15, -0.1) is 0 Å². The molecular formula is C25H20ClF2N3O4. The van der Waals surface area contributed by atoms with Gasteiger partial charge < -0.3 is 19.9 Å². The van der Waals surface area contributed by atoms with E-state index in [2.05, 4.69) is 5.32 Å². The Morgan fingerprint density at radius 2 is 1.91 bits per heavy atom. The van der Waals surface area contributed by atoms with Crippen molar-refractivity contribution in [3.63, 3.8) is 0 Å². The number of pyridine rings is 1. The summed E-state index contributed by atoms with van der Waals surface area (Å²) in [7, 11) is 0. The molecule has 35 heavy (non-hydrogen) atoms. The second kappa shape index (κ2) is 8.49. The van der Waals surface area contributed by atoms with Crippen molar-refractivity contribution in [3.8, 4) is 5.75 Å². The lowest BCUT2D eigenvalue weighted by Crippen LogP contribution is -2.45. The molecule has 180 valence electrons. The van der Waals surface area contributed by atoms with Crippen LogP contribution in [0.4, 0.5) is 8.78 Å². The van der Waals surface area contributed by atoms with Gasteiger partial charge in [-0.1, -0.05) is 17.7 Å². The number of nitrogens with zero attached hydrogens (tertiary/aromatic N) is 2.